The van der Waals surface area contributed by atoms with Crippen molar-refractivity contribution in [2.24, 2.45) is 0 Å². The molecule has 0 saturated carbocycles. The molecule has 7 nitrogen and oxygen atoms in total. The Morgan fingerprint density at radius 2 is 2.30 bits per heavy atom. The maximum Gasteiger partial charge on any atom is 0.254 e. The van der Waals surface area contributed by atoms with Gasteiger partial charge in [-0.05, 0) is 12.5 Å². The van der Waals surface area contributed by atoms with Crippen LogP contribution >= 0.6 is 0 Å². The van der Waals surface area contributed by atoms with E-state index in [0.29, 0.717) is 12.4 Å². The molecule has 0 saturated heterocycles. The maximum atomic E-state index is 14.1. The summed E-state index contributed by atoms with van der Waals surface area (Å²) >= 11 is 0. The molecular weight excluding hydrogens is 263 g/mol. The van der Waals surface area contributed by atoms with Crippen LogP contribution in [0.15, 0.2) is 18.6 Å². The third kappa shape index (κ3) is 3.28. The molecule has 2 aromatic rings. The molecule has 0 aromatic carbocycles. The number of hydrogen-bond donors (Lipinski definition) is 3. The van der Waals surface area contributed by atoms with Gasteiger partial charge in [0.15, 0.2) is 11.6 Å². The number of pyridine rings is 1. The van der Waals surface area contributed by atoms with Crippen molar-refractivity contribution in [3.63, 3.8) is 0 Å². The second kappa shape index (κ2) is 6.60. The molecule has 20 heavy (non-hydrogen) atoms. The molecule has 8 heteroatoms. The molecule has 0 atom stereocenters. The van der Waals surface area contributed by atoms with Gasteiger partial charge in [-0.25, -0.2) is 14.4 Å². The maximum absolute atomic E-state index is 14.1. The van der Waals surface area contributed by atoms with Gasteiger partial charge in [-0.15, -0.1) is 0 Å². The molecule has 0 aliphatic carbocycles. The largest absolute Gasteiger partial charge is 0.368 e. The van der Waals surface area contributed by atoms with E-state index in [0.717, 1.165) is 6.42 Å². The van der Waals surface area contributed by atoms with Crippen molar-refractivity contribution >= 4 is 11.7 Å². The summed E-state index contributed by atoms with van der Waals surface area (Å²) < 4.78 is 14.1. The number of nitrogens with zero attached hydrogens (tertiary/aromatic N) is 3. The zero-order valence-corrected chi connectivity index (χ0v) is 11.0. The van der Waals surface area contributed by atoms with E-state index in [9.17, 15) is 9.18 Å². The summed E-state index contributed by atoms with van der Waals surface area (Å²) in [6.07, 6.45) is 3.56. The van der Waals surface area contributed by atoms with Crippen LogP contribution in [0.25, 0.3) is 0 Å². The van der Waals surface area contributed by atoms with Gasteiger partial charge in [0.1, 0.15) is 12.2 Å². The molecule has 1 amide bonds. The number of nitrogens with one attached hydrogen (secondary N) is 3. The molecule has 106 valence electrons. The molecule has 0 aliphatic rings. The lowest BCUT2D eigenvalue weighted by Crippen LogP contribution is -2.25. The van der Waals surface area contributed by atoms with E-state index < -0.39 is 11.7 Å². The van der Waals surface area contributed by atoms with Crippen molar-refractivity contribution in [3.8, 4) is 0 Å². The molecular formula is C12H15FN6O. The molecule has 2 rings (SSSR count). The quantitative estimate of drug-likeness (QED) is 0.735. The molecule has 0 radical (unpaired) electrons. The number of H-pyrrole nitrogens is 1. The molecule has 2 heterocycles. The highest BCUT2D eigenvalue weighted by molar-refractivity contribution is 5.95. The topological polar surface area (TPSA) is 95.6 Å². The van der Waals surface area contributed by atoms with E-state index in [4.69, 9.17) is 0 Å². The Morgan fingerprint density at radius 1 is 1.45 bits per heavy atom. The minimum Gasteiger partial charge on any atom is -0.368 e. The fraction of sp³-hybridized carbons (Fsp3) is 0.333. The Morgan fingerprint density at radius 3 is 3.00 bits per heavy atom. The van der Waals surface area contributed by atoms with Gasteiger partial charge in [0.05, 0.1) is 12.1 Å². The van der Waals surface area contributed by atoms with E-state index >= 15 is 0 Å². The highest BCUT2D eigenvalue weighted by Gasteiger charge is 2.15. The van der Waals surface area contributed by atoms with E-state index in [1.54, 1.807) is 0 Å². The number of halogens is 1. The number of rotatable bonds is 6. The fourth-order valence-corrected chi connectivity index (χ4v) is 1.56. The molecule has 0 bridgehead atoms. The van der Waals surface area contributed by atoms with Crippen LogP contribution in [0.4, 0.5) is 10.2 Å². The van der Waals surface area contributed by atoms with Crippen LogP contribution in [0.1, 0.15) is 29.5 Å². The number of anilines is 1. The summed E-state index contributed by atoms with van der Waals surface area (Å²) in [5.74, 6) is -0.604. The SMILES string of the molecule is CCCNc1nccc(C(=O)NCc2ncn[nH]2)c1F. The first-order chi connectivity index (χ1) is 9.72. The first-order valence-electron chi connectivity index (χ1n) is 6.23. The summed E-state index contributed by atoms with van der Waals surface area (Å²) in [6, 6.07) is 1.34. The fourth-order valence-electron chi connectivity index (χ4n) is 1.56. The first-order valence-corrected chi connectivity index (χ1v) is 6.23. The summed E-state index contributed by atoms with van der Waals surface area (Å²) in [6.45, 7) is 2.70. The van der Waals surface area contributed by atoms with Crippen LogP contribution < -0.4 is 10.6 Å². The second-order valence-electron chi connectivity index (χ2n) is 4.06. The van der Waals surface area contributed by atoms with Crippen molar-refractivity contribution in [3.05, 3.63) is 35.8 Å². The standard InChI is InChI=1S/C12H15FN6O/c1-2-4-14-11-10(13)8(3-5-15-11)12(20)16-6-9-17-7-18-19-9/h3,5,7H,2,4,6H2,1H3,(H,14,15)(H,16,20)(H,17,18,19). The zero-order valence-electron chi connectivity index (χ0n) is 11.0. The summed E-state index contributed by atoms with van der Waals surface area (Å²) in [5.41, 5.74) is -0.0573. The Bertz CT molecular complexity index is 571. The average Bonchev–Trinajstić information content (AvgIpc) is 2.97. The number of amides is 1. The van der Waals surface area contributed by atoms with Crippen LogP contribution in [0.3, 0.4) is 0 Å². The minimum absolute atomic E-state index is 0.0573. The van der Waals surface area contributed by atoms with E-state index in [1.165, 1.54) is 18.6 Å². The van der Waals surface area contributed by atoms with E-state index in [2.05, 4.69) is 30.8 Å². The average molecular weight is 278 g/mol. The van der Waals surface area contributed by atoms with Gasteiger partial charge in [-0.2, -0.15) is 5.10 Å². The Labute approximate surface area is 115 Å². The summed E-state index contributed by atoms with van der Waals surface area (Å²) in [7, 11) is 0. The lowest BCUT2D eigenvalue weighted by molar-refractivity contribution is 0.0946. The lowest BCUT2D eigenvalue weighted by Gasteiger charge is -2.09. The number of aromatic amines is 1. The molecule has 0 aliphatic heterocycles. The number of carbonyl (C=O) groups excluding carboxylic acids is 1. The first kappa shape index (κ1) is 13.9. The van der Waals surface area contributed by atoms with Crippen molar-refractivity contribution in [2.45, 2.75) is 19.9 Å². The number of aromatic nitrogens is 4. The van der Waals surface area contributed by atoms with Crippen molar-refractivity contribution < 1.29 is 9.18 Å². The number of carbonyl (C=O) groups is 1. The summed E-state index contributed by atoms with van der Waals surface area (Å²) in [5, 5.41) is 11.7. The number of hydrogen-bond acceptors (Lipinski definition) is 5. The van der Waals surface area contributed by atoms with Gasteiger partial charge in [-0.3, -0.25) is 9.89 Å². The van der Waals surface area contributed by atoms with Crippen LogP contribution in [-0.2, 0) is 6.54 Å². The van der Waals surface area contributed by atoms with Gasteiger partial charge < -0.3 is 10.6 Å². The van der Waals surface area contributed by atoms with E-state index in [-0.39, 0.29) is 17.9 Å². The molecule has 0 fully saturated rings. The van der Waals surface area contributed by atoms with Gasteiger partial charge >= 0.3 is 0 Å². The monoisotopic (exact) mass is 278 g/mol. The van der Waals surface area contributed by atoms with Gasteiger partial charge in [0, 0.05) is 12.7 Å². The second-order valence-corrected chi connectivity index (χ2v) is 4.06. The minimum atomic E-state index is -0.656. The van der Waals surface area contributed by atoms with Gasteiger partial charge in [0.2, 0.25) is 0 Å². The van der Waals surface area contributed by atoms with Gasteiger partial charge in [0.25, 0.3) is 5.91 Å². The normalized spacial score (nSPS) is 10.3. The smallest absolute Gasteiger partial charge is 0.254 e. The summed E-state index contributed by atoms with van der Waals surface area (Å²) in [4.78, 5) is 19.7. The molecule has 0 unspecified atom stereocenters. The third-order valence-electron chi connectivity index (χ3n) is 2.56. The van der Waals surface area contributed by atoms with E-state index in [1.807, 2.05) is 6.92 Å². The Hall–Kier alpha value is -2.51. The molecule has 3 N–H and O–H groups in total. The van der Waals surface area contributed by atoms with Crippen LogP contribution in [0, 0.1) is 5.82 Å². The van der Waals surface area contributed by atoms with Crippen LogP contribution in [-0.4, -0.2) is 32.6 Å². The van der Waals surface area contributed by atoms with Crippen LogP contribution in [0.2, 0.25) is 0 Å². The highest BCUT2D eigenvalue weighted by atomic mass is 19.1. The Kier molecular flexibility index (Phi) is 4.59. The van der Waals surface area contributed by atoms with Gasteiger partial charge in [-0.1, -0.05) is 6.92 Å². The van der Waals surface area contributed by atoms with Crippen molar-refractivity contribution in [1.82, 2.24) is 25.5 Å². The predicted octanol–water partition coefficient (Wildman–Crippen LogP) is 1.09. The van der Waals surface area contributed by atoms with Crippen LogP contribution in [0.5, 0.6) is 0 Å². The highest BCUT2D eigenvalue weighted by Crippen LogP contribution is 2.15. The molecule has 2 aromatic heterocycles. The third-order valence-corrected chi connectivity index (χ3v) is 2.56. The van der Waals surface area contributed by atoms with Crippen molar-refractivity contribution in [1.29, 1.82) is 0 Å². The Balaban J connectivity index is 2.05. The molecule has 0 spiro atoms. The predicted molar refractivity (Wildman–Crippen MR) is 70.5 cm³/mol. The lowest BCUT2D eigenvalue weighted by atomic mass is 10.2. The zero-order chi connectivity index (χ0) is 14.4. The van der Waals surface area contributed by atoms with Crippen molar-refractivity contribution in [2.75, 3.05) is 11.9 Å².